The van der Waals surface area contributed by atoms with Gasteiger partial charge in [0.15, 0.2) is 5.82 Å². The molecule has 1 saturated carbocycles. The number of nitrogens with zero attached hydrogens (tertiary/aromatic N) is 3. The summed E-state index contributed by atoms with van der Waals surface area (Å²) in [6.07, 6.45) is 10.4. The monoisotopic (exact) mass is 290 g/mol. The highest BCUT2D eigenvalue weighted by Gasteiger charge is 2.23. The van der Waals surface area contributed by atoms with Crippen molar-refractivity contribution >= 4 is 11.5 Å². The van der Waals surface area contributed by atoms with Gasteiger partial charge in [-0.3, -0.25) is 0 Å². The first-order valence-electron chi connectivity index (χ1n) is 8.26. The number of hydrogen-bond acceptors (Lipinski definition) is 5. The van der Waals surface area contributed by atoms with Crippen molar-refractivity contribution in [3.8, 4) is 5.88 Å². The highest BCUT2D eigenvalue weighted by atomic mass is 16.5. The van der Waals surface area contributed by atoms with E-state index >= 15 is 0 Å². The maximum absolute atomic E-state index is 6.29. The lowest BCUT2D eigenvalue weighted by atomic mass is 9.98. The molecule has 1 aromatic rings. The number of aromatic nitrogens is 2. The summed E-state index contributed by atoms with van der Waals surface area (Å²) >= 11 is 0. The molecule has 5 nitrogen and oxygen atoms in total. The molecule has 3 rings (SSSR count). The lowest BCUT2D eigenvalue weighted by Crippen LogP contribution is -2.35. The van der Waals surface area contributed by atoms with Crippen molar-refractivity contribution in [2.24, 2.45) is 5.92 Å². The first-order chi connectivity index (χ1) is 10.2. The van der Waals surface area contributed by atoms with Crippen molar-refractivity contribution in [3.05, 3.63) is 6.33 Å². The lowest BCUT2D eigenvalue weighted by molar-refractivity contribution is 0.149. The van der Waals surface area contributed by atoms with Crippen molar-refractivity contribution in [2.45, 2.75) is 58.0 Å². The van der Waals surface area contributed by atoms with E-state index in [0.717, 1.165) is 31.7 Å². The summed E-state index contributed by atoms with van der Waals surface area (Å²) in [4.78, 5) is 10.9. The Labute approximate surface area is 126 Å². The summed E-state index contributed by atoms with van der Waals surface area (Å²) in [6, 6.07) is 0. The molecule has 1 atom stereocenters. The standard InChI is InChI=1S/C16H26N4O/c1-12-6-5-9-20(10-12)15-14(17)16(19-11-18-15)21-13-7-3-2-4-8-13/h11-13H,2-10,17H2,1H3. The normalized spacial score (nSPS) is 24.0. The predicted octanol–water partition coefficient (Wildman–Crippen LogP) is 3.01. The minimum atomic E-state index is 0.268. The van der Waals surface area contributed by atoms with Crippen LogP contribution in [0.5, 0.6) is 5.88 Å². The lowest BCUT2D eigenvalue weighted by Gasteiger charge is -2.32. The topological polar surface area (TPSA) is 64.3 Å². The Morgan fingerprint density at radius 3 is 2.71 bits per heavy atom. The summed E-state index contributed by atoms with van der Waals surface area (Å²) < 4.78 is 6.04. The van der Waals surface area contributed by atoms with Gasteiger partial charge in [0, 0.05) is 13.1 Å². The van der Waals surface area contributed by atoms with Crippen LogP contribution in [-0.4, -0.2) is 29.2 Å². The Balaban J connectivity index is 1.74. The number of anilines is 2. The fourth-order valence-corrected chi connectivity index (χ4v) is 3.44. The van der Waals surface area contributed by atoms with Crippen molar-refractivity contribution < 1.29 is 4.74 Å². The molecule has 116 valence electrons. The number of nitrogens with two attached hydrogens (primary N) is 1. The van der Waals surface area contributed by atoms with Crippen LogP contribution in [0, 0.1) is 5.92 Å². The Kier molecular flexibility index (Phi) is 4.46. The molecule has 2 fully saturated rings. The van der Waals surface area contributed by atoms with Gasteiger partial charge >= 0.3 is 0 Å². The van der Waals surface area contributed by atoms with E-state index in [2.05, 4.69) is 21.8 Å². The number of nitrogen functional groups attached to an aromatic ring is 1. The van der Waals surface area contributed by atoms with E-state index in [4.69, 9.17) is 10.5 Å². The minimum absolute atomic E-state index is 0.268. The van der Waals surface area contributed by atoms with Crippen LogP contribution in [0.3, 0.4) is 0 Å². The second-order valence-corrected chi connectivity index (χ2v) is 6.49. The Hall–Kier alpha value is -1.52. The minimum Gasteiger partial charge on any atom is -0.473 e. The van der Waals surface area contributed by atoms with Gasteiger partial charge in [-0.25, -0.2) is 4.98 Å². The van der Waals surface area contributed by atoms with Crippen LogP contribution >= 0.6 is 0 Å². The van der Waals surface area contributed by atoms with Crippen LogP contribution in [0.4, 0.5) is 11.5 Å². The van der Waals surface area contributed by atoms with E-state index in [1.165, 1.54) is 32.1 Å². The van der Waals surface area contributed by atoms with E-state index < -0.39 is 0 Å². The van der Waals surface area contributed by atoms with Gasteiger partial charge in [-0.15, -0.1) is 0 Å². The van der Waals surface area contributed by atoms with Gasteiger partial charge in [0.25, 0.3) is 0 Å². The molecule has 21 heavy (non-hydrogen) atoms. The quantitative estimate of drug-likeness (QED) is 0.927. The molecule has 2 N–H and O–H groups in total. The predicted molar refractivity (Wildman–Crippen MR) is 84.6 cm³/mol. The van der Waals surface area contributed by atoms with Gasteiger partial charge in [-0.05, 0) is 44.4 Å². The number of hydrogen-bond donors (Lipinski definition) is 1. The third-order valence-corrected chi connectivity index (χ3v) is 4.61. The average Bonchev–Trinajstić information content (AvgIpc) is 2.50. The summed E-state index contributed by atoms with van der Waals surface area (Å²) in [5, 5.41) is 0. The van der Waals surface area contributed by atoms with Crippen LogP contribution in [0.15, 0.2) is 6.33 Å². The molecule has 0 spiro atoms. The smallest absolute Gasteiger partial charge is 0.242 e. The highest BCUT2D eigenvalue weighted by Crippen LogP contribution is 2.32. The zero-order valence-corrected chi connectivity index (χ0v) is 12.9. The zero-order chi connectivity index (χ0) is 14.7. The van der Waals surface area contributed by atoms with Crippen LogP contribution < -0.4 is 15.4 Å². The van der Waals surface area contributed by atoms with Crippen molar-refractivity contribution in [1.82, 2.24) is 9.97 Å². The largest absolute Gasteiger partial charge is 0.473 e. The first kappa shape index (κ1) is 14.4. The van der Waals surface area contributed by atoms with Gasteiger partial charge in [0.1, 0.15) is 18.1 Å². The van der Waals surface area contributed by atoms with Crippen molar-refractivity contribution in [3.63, 3.8) is 0 Å². The molecule has 1 aliphatic carbocycles. The van der Waals surface area contributed by atoms with Gasteiger partial charge in [0.2, 0.25) is 5.88 Å². The second kappa shape index (κ2) is 6.50. The third kappa shape index (κ3) is 3.39. The molecule has 0 aromatic carbocycles. The molecule has 5 heteroatoms. The van der Waals surface area contributed by atoms with Gasteiger partial charge in [-0.2, -0.15) is 4.98 Å². The molecule has 0 amide bonds. The molecule has 0 bridgehead atoms. The summed E-state index contributed by atoms with van der Waals surface area (Å²) in [6.45, 7) is 4.32. The molecule has 0 radical (unpaired) electrons. The second-order valence-electron chi connectivity index (χ2n) is 6.49. The van der Waals surface area contributed by atoms with Gasteiger partial charge in [-0.1, -0.05) is 13.3 Å². The van der Waals surface area contributed by atoms with E-state index in [1.807, 2.05) is 0 Å². The van der Waals surface area contributed by atoms with E-state index in [0.29, 0.717) is 17.5 Å². The zero-order valence-electron chi connectivity index (χ0n) is 12.9. The van der Waals surface area contributed by atoms with E-state index in [-0.39, 0.29) is 6.10 Å². The highest BCUT2D eigenvalue weighted by molar-refractivity contribution is 5.67. The Morgan fingerprint density at radius 2 is 1.95 bits per heavy atom. The number of piperidine rings is 1. The Bertz CT molecular complexity index is 473. The molecule has 2 heterocycles. The van der Waals surface area contributed by atoms with E-state index in [1.54, 1.807) is 6.33 Å². The van der Waals surface area contributed by atoms with Crippen LogP contribution in [0.1, 0.15) is 51.9 Å². The van der Waals surface area contributed by atoms with Crippen LogP contribution in [0.25, 0.3) is 0 Å². The molecule has 1 unspecified atom stereocenters. The molecule has 1 saturated heterocycles. The average molecular weight is 290 g/mol. The molecule has 2 aliphatic rings. The molecular weight excluding hydrogens is 264 g/mol. The van der Waals surface area contributed by atoms with Gasteiger partial charge < -0.3 is 15.4 Å². The van der Waals surface area contributed by atoms with Crippen molar-refractivity contribution in [2.75, 3.05) is 23.7 Å². The summed E-state index contributed by atoms with van der Waals surface area (Å²) in [7, 11) is 0. The fourth-order valence-electron chi connectivity index (χ4n) is 3.44. The maximum atomic E-state index is 6.29. The summed E-state index contributed by atoms with van der Waals surface area (Å²) in [5.74, 6) is 2.11. The maximum Gasteiger partial charge on any atom is 0.242 e. The number of ether oxygens (including phenoxy) is 1. The fraction of sp³-hybridized carbons (Fsp3) is 0.750. The third-order valence-electron chi connectivity index (χ3n) is 4.61. The SMILES string of the molecule is CC1CCCN(c2ncnc(OC3CCCCC3)c2N)C1. The molecule has 1 aromatic heterocycles. The van der Waals surface area contributed by atoms with E-state index in [9.17, 15) is 0 Å². The molecular formula is C16H26N4O. The van der Waals surface area contributed by atoms with Crippen LogP contribution in [0.2, 0.25) is 0 Å². The van der Waals surface area contributed by atoms with Crippen LogP contribution in [-0.2, 0) is 0 Å². The van der Waals surface area contributed by atoms with Gasteiger partial charge in [0.05, 0.1) is 0 Å². The Morgan fingerprint density at radius 1 is 1.14 bits per heavy atom. The first-order valence-corrected chi connectivity index (χ1v) is 8.26. The number of rotatable bonds is 3. The summed E-state index contributed by atoms with van der Waals surface area (Å²) in [5.41, 5.74) is 6.89. The molecule has 1 aliphatic heterocycles. The van der Waals surface area contributed by atoms with Crippen molar-refractivity contribution in [1.29, 1.82) is 0 Å².